The molecule has 1 aromatic carbocycles. The Morgan fingerprint density at radius 1 is 1.44 bits per heavy atom. The molecule has 0 saturated heterocycles. The molecule has 2 rings (SSSR count). The van der Waals surface area contributed by atoms with Gasteiger partial charge in [0.25, 0.3) is 0 Å². The van der Waals surface area contributed by atoms with Gasteiger partial charge < -0.3 is 9.84 Å². The normalized spacial score (nSPS) is 27.9. The minimum absolute atomic E-state index is 0.108. The number of hydrogen-bond acceptors (Lipinski definition) is 2. The average Bonchev–Trinajstić information content (AvgIpc) is 2.93. The second-order valence-corrected chi connectivity index (χ2v) is 5.20. The van der Waals surface area contributed by atoms with Crippen LogP contribution in [0.25, 0.3) is 0 Å². The summed E-state index contributed by atoms with van der Waals surface area (Å²) < 4.78 is 5.10. The Balaban J connectivity index is 2.47. The van der Waals surface area contributed by atoms with Crippen molar-refractivity contribution in [1.82, 2.24) is 0 Å². The molecule has 4 heteroatoms. The van der Waals surface area contributed by atoms with Crippen molar-refractivity contribution in [2.24, 2.45) is 5.92 Å². The number of aliphatic hydroxyl groups excluding tert-OH is 1. The van der Waals surface area contributed by atoms with Gasteiger partial charge in [0.05, 0.1) is 18.7 Å². The summed E-state index contributed by atoms with van der Waals surface area (Å²) in [5.74, 6) is 1.01. The minimum atomic E-state index is -0.201. The molecule has 0 aromatic heterocycles. The van der Waals surface area contributed by atoms with Crippen LogP contribution in [0.4, 0.5) is 0 Å². The summed E-state index contributed by atoms with van der Waals surface area (Å²) in [6.07, 6.45) is 0.950. The molecular weight excluding hydrogens is 247 g/mol. The molecule has 2 unspecified atom stereocenters. The highest BCUT2D eigenvalue weighted by Gasteiger charge is 2.53. The van der Waals surface area contributed by atoms with Gasteiger partial charge in [-0.1, -0.05) is 30.1 Å². The zero-order valence-electron chi connectivity index (χ0n) is 9.26. The van der Waals surface area contributed by atoms with E-state index in [1.54, 1.807) is 13.2 Å². The molecule has 16 heavy (non-hydrogen) atoms. The molecule has 2 nitrogen and oxygen atoms in total. The van der Waals surface area contributed by atoms with Gasteiger partial charge in [0.15, 0.2) is 0 Å². The summed E-state index contributed by atoms with van der Waals surface area (Å²) in [6, 6.07) is 3.52. The van der Waals surface area contributed by atoms with E-state index in [2.05, 4.69) is 6.92 Å². The topological polar surface area (TPSA) is 29.5 Å². The lowest BCUT2D eigenvalue weighted by atomic mass is 9.94. The summed E-state index contributed by atoms with van der Waals surface area (Å²) in [5.41, 5.74) is 0.725. The van der Waals surface area contributed by atoms with Crippen LogP contribution in [-0.4, -0.2) is 18.8 Å². The van der Waals surface area contributed by atoms with Crippen LogP contribution in [0.2, 0.25) is 10.0 Å². The van der Waals surface area contributed by atoms with Crippen LogP contribution in [0, 0.1) is 5.92 Å². The van der Waals surface area contributed by atoms with Gasteiger partial charge in [0.1, 0.15) is 5.75 Å². The number of benzene rings is 1. The summed E-state index contributed by atoms with van der Waals surface area (Å²) >= 11 is 12.3. The van der Waals surface area contributed by atoms with Gasteiger partial charge in [-0.25, -0.2) is 0 Å². The second-order valence-electron chi connectivity index (χ2n) is 4.39. The maximum absolute atomic E-state index is 9.49. The third-order valence-electron chi connectivity index (χ3n) is 3.51. The van der Waals surface area contributed by atoms with Gasteiger partial charge in [-0.2, -0.15) is 0 Å². The molecule has 1 N–H and O–H groups in total. The van der Waals surface area contributed by atoms with Gasteiger partial charge in [0.2, 0.25) is 0 Å². The van der Waals surface area contributed by atoms with Crippen molar-refractivity contribution in [1.29, 1.82) is 0 Å². The number of hydrogen-bond donors (Lipinski definition) is 1. The van der Waals surface area contributed by atoms with Crippen molar-refractivity contribution < 1.29 is 9.84 Å². The third-order valence-corrected chi connectivity index (χ3v) is 4.12. The van der Waals surface area contributed by atoms with Gasteiger partial charge in [-0.15, -0.1) is 0 Å². The Morgan fingerprint density at radius 3 is 2.50 bits per heavy atom. The van der Waals surface area contributed by atoms with E-state index in [4.69, 9.17) is 27.9 Å². The van der Waals surface area contributed by atoms with E-state index in [9.17, 15) is 5.11 Å². The van der Waals surface area contributed by atoms with E-state index in [1.807, 2.05) is 6.07 Å². The van der Waals surface area contributed by atoms with Crippen LogP contribution in [0.3, 0.4) is 0 Å². The zero-order chi connectivity index (χ0) is 11.9. The first-order chi connectivity index (χ1) is 7.55. The number of rotatable bonds is 3. The molecule has 1 aliphatic rings. The highest BCUT2D eigenvalue weighted by Crippen LogP contribution is 2.56. The number of ether oxygens (including phenoxy) is 1. The van der Waals surface area contributed by atoms with Crippen LogP contribution in [-0.2, 0) is 5.41 Å². The van der Waals surface area contributed by atoms with Crippen molar-refractivity contribution in [3.63, 3.8) is 0 Å². The van der Waals surface area contributed by atoms with Gasteiger partial charge in [0, 0.05) is 16.5 Å². The molecular formula is C12H14Cl2O2. The standard InChI is InChI=1S/C12H14Cl2O2/c1-7-5-12(7,6-15)8-3-10(14)11(16-2)4-9(8)13/h3-4,7,15H,5-6H2,1-2H3. The SMILES string of the molecule is COc1cc(Cl)c(C2(CO)CC2C)cc1Cl. The lowest BCUT2D eigenvalue weighted by Crippen LogP contribution is -2.15. The molecule has 0 heterocycles. The largest absolute Gasteiger partial charge is 0.495 e. The van der Waals surface area contributed by atoms with Crippen LogP contribution in [0.5, 0.6) is 5.75 Å². The highest BCUT2D eigenvalue weighted by molar-refractivity contribution is 6.34. The molecule has 0 spiro atoms. The predicted molar refractivity (Wildman–Crippen MR) is 65.6 cm³/mol. The monoisotopic (exact) mass is 260 g/mol. The highest BCUT2D eigenvalue weighted by atomic mass is 35.5. The van der Waals surface area contributed by atoms with E-state index in [1.165, 1.54) is 0 Å². The summed E-state index contributed by atoms with van der Waals surface area (Å²) in [4.78, 5) is 0. The lowest BCUT2D eigenvalue weighted by Gasteiger charge is -2.17. The van der Waals surface area contributed by atoms with Crippen molar-refractivity contribution in [3.05, 3.63) is 27.7 Å². The van der Waals surface area contributed by atoms with Gasteiger partial charge in [-0.3, -0.25) is 0 Å². The van der Waals surface area contributed by atoms with Crippen LogP contribution in [0.1, 0.15) is 18.9 Å². The van der Waals surface area contributed by atoms with Gasteiger partial charge >= 0.3 is 0 Å². The fourth-order valence-corrected chi connectivity index (χ4v) is 2.82. The van der Waals surface area contributed by atoms with Crippen molar-refractivity contribution in [2.45, 2.75) is 18.8 Å². The predicted octanol–water partition coefficient (Wildman–Crippen LogP) is 3.27. The Labute approximate surface area is 105 Å². The summed E-state index contributed by atoms with van der Waals surface area (Å²) in [7, 11) is 1.55. The summed E-state index contributed by atoms with van der Waals surface area (Å²) in [6.45, 7) is 2.21. The maximum Gasteiger partial charge on any atom is 0.138 e. The molecule has 0 aliphatic heterocycles. The molecule has 1 aliphatic carbocycles. The van der Waals surface area contributed by atoms with Gasteiger partial charge in [-0.05, 0) is 24.0 Å². The van der Waals surface area contributed by atoms with E-state index < -0.39 is 0 Å². The number of halogens is 2. The van der Waals surface area contributed by atoms with Crippen LogP contribution < -0.4 is 4.74 Å². The molecule has 0 amide bonds. The molecule has 1 fully saturated rings. The Hall–Kier alpha value is -0.440. The molecule has 0 bridgehead atoms. The second kappa shape index (κ2) is 4.10. The molecule has 0 radical (unpaired) electrons. The molecule has 2 atom stereocenters. The van der Waals surface area contributed by atoms with Crippen molar-refractivity contribution in [2.75, 3.05) is 13.7 Å². The molecule has 1 saturated carbocycles. The van der Waals surface area contributed by atoms with E-state index in [0.29, 0.717) is 21.7 Å². The summed E-state index contributed by atoms with van der Waals surface area (Å²) in [5, 5.41) is 10.6. The van der Waals surface area contributed by atoms with E-state index in [-0.39, 0.29) is 12.0 Å². The number of aliphatic hydroxyl groups is 1. The molecule has 1 aromatic rings. The Morgan fingerprint density at radius 2 is 2.06 bits per heavy atom. The lowest BCUT2D eigenvalue weighted by molar-refractivity contribution is 0.247. The first-order valence-electron chi connectivity index (χ1n) is 5.19. The average molecular weight is 261 g/mol. The van der Waals surface area contributed by atoms with Crippen molar-refractivity contribution >= 4 is 23.2 Å². The van der Waals surface area contributed by atoms with Crippen LogP contribution >= 0.6 is 23.2 Å². The zero-order valence-corrected chi connectivity index (χ0v) is 10.8. The minimum Gasteiger partial charge on any atom is -0.495 e. The first kappa shape index (κ1) is 12.0. The third kappa shape index (κ3) is 1.69. The Kier molecular flexibility index (Phi) is 3.08. The molecule has 88 valence electrons. The maximum atomic E-state index is 9.49. The fourth-order valence-electron chi connectivity index (χ4n) is 2.23. The van der Waals surface area contributed by atoms with Crippen molar-refractivity contribution in [3.8, 4) is 5.75 Å². The fraction of sp³-hybridized carbons (Fsp3) is 0.500. The van der Waals surface area contributed by atoms with E-state index in [0.717, 1.165) is 12.0 Å². The smallest absolute Gasteiger partial charge is 0.138 e. The first-order valence-corrected chi connectivity index (χ1v) is 5.95. The van der Waals surface area contributed by atoms with Crippen LogP contribution in [0.15, 0.2) is 12.1 Å². The van der Waals surface area contributed by atoms with E-state index >= 15 is 0 Å². The number of methoxy groups -OCH3 is 1. The Bertz CT molecular complexity index is 416. The quantitative estimate of drug-likeness (QED) is 0.904.